The minimum absolute atomic E-state index is 0.227. The lowest BCUT2D eigenvalue weighted by Crippen LogP contribution is -1.94. The summed E-state index contributed by atoms with van der Waals surface area (Å²) in [6, 6.07) is 8.71. The summed E-state index contributed by atoms with van der Waals surface area (Å²) in [5.41, 5.74) is 2.08. The van der Waals surface area contributed by atoms with Crippen LogP contribution in [-0.4, -0.2) is 20.1 Å². The molecule has 0 aliphatic rings. The zero-order valence-corrected chi connectivity index (χ0v) is 13.6. The fraction of sp³-hybridized carbons (Fsp3) is 0.0556. The highest BCUT2D eigenvalue weighted by Crippen LogP contribution is 2.40. The first-order valence-electron chi connectivity index (χ1n) is 7.41. The van der Waals surface area contributed by atoms with Crippen molar-refractivity contribution in [2.24, 2.45) is 0 Å². The van der Waals surface area contributed by atoms with Crippen molar-refractivity contribution in [3.8, 4) is 21.7 Å². The maximum absolute atomic E-state index is 14.0. The van der Waals surface area contributed by atoms with Gasteiger partial charge in [0.1, 0.15) is 12.0 Å². The van der Waals surface area contributed by atoms with Crippen molar-refractivity contribution in [2.45, 2.75) is 6.61 Å². The minimum atomic E-state index is -0.622. The van der Waals surface area contributed by atoms with Gasteiger partial charge in [-0.05, 0) is 17.0 Å². The largest absolute Gasteiger partial charge is 0.392 e. The number of aromatic nitrogens is 3. The second kappa shape index (κ2) is 6.27. The normalized spacial score (nSPS) is 11.2. The van der Waals surface area contributed by atoms with Gasteiger partial charge in [0.15, 0.2) is 5.82 Å². The van der Waals surface area contributed by atoms with Crippen molar-refractivity contribution in [3.05, 3.63) is 66.4 Å². The van der Waals surface area contributed by atoms with Gasteiger partial charge in [-0.3, -0.25) is 0 Å². The number of aliphatic hydroxyl groups is 1. The van der Waals surface area contributed by atoms with Gasteiger partial charge in [0.25, 0.3) is 0 Å². The smallest absolute Gasteiger partial charge is 0.213 e. The highest BCUT2D eigenvalue weighted by Gasteiger charge is 2.15. The van der Waals surface area contributed by atoms with E-state index in [1.165, 1.54) is 29.9 Å². The van der Waals surface area contributed by atoms with Crippen molar-refractivity contribution in [1.29, 1.82) is 0 Å². The van der Waals surface area contributed by atoms with Crippen LogP contribution in [0.3, 0.4) is 0 Å². The topological polar surface area (TPSA) is 58.9 Å². The number of halogens is 2. The average molecular weight is 355 g/mol. The van der Waals surface area contributed by atoms with Crippen LogP contribution in [0.4, 0.5) is 8.78 Å². The van der Waals surface area contributed by atoms with E-state index in [1.54, 1.807) is 0 Å². The van der Waals surface area contributed by atoms with Crippen LogP contribution >= 0.6 is 11.3 Å². The molecular formula is C18H11F2N3OS. The fourth-order valence-corrected chi connectivity index (χ4v) is 3.91. The van der Waals surface area contributed by atoms with Gasteiger partial charge in [0.05, 0.1) is 17.7 Å². The van der Waals surface area contributed by atoms with Crippen LogP contribution in [0.25, 0.3) is 31.8 Å². The van der Waals surface area contributed by atoms with E-state index in [-0.39, 0.29) is 12.3 Å². The van der Waals surface area contributed by atoms with Gasteiger partial charge < -0.3 is 5.11 Å². The molecule has 0 fully saturated rings. The minimum Gasteiger partial charge on any atom is -0.392 e. The molecule has 0 aliphatic carbocycles. The number of hydrogen-bond donors (Lipinski definition) is 1. The number of pyridine rings is 1. The van der Waals surface area contributed by atoms with Gasteiger partial charge in [0, 0.05) is 28.1 Å². The lowest BCUT2D eigenvalue weighted by molar-refractivity contribution is 0.281. The molecule has 0 amide bonds. The van der Waals surface area contributed by atoms with Gasteiger partial charge in [-0.2, -0.15) is 4.39 Å². The predicted molar refractivity (Wildman–Crippen MR) is 91.9 cm³/mol. The van der Waals surface area contributed by atoms with Crippen molar-refractivity contribution in [1.82, 2.24) is 15.0 Å². The Morgan fingerprint density at radius 2 is 1.92 bits per heavy atom. The number of aliphatic hydroxyl groups excluding tert-OH is 1. The molecule has 0 spiro atoms. The van der Waals surface area contributed by atoms with Crippen molar-refractivity contribution in [2.75, 3.05) is 0 Å². The Labute approximate surface area is 145 Å². The molecule has 0 saturated carbocycles. The number of thiophene rings is 1. The molecule has 1 N–H and O–H groups in total. The Bertz CT molecular complexity index is 1080. The summed E-state index contributed by atoms with van der Waals surface area (Å²) in [4.78, 5) is 11.9. The first kappa shape index (κ1) is 15.7. The van der Waals surface area contributed by atoms with E-state index in [0.717, 1.165) is 21.8 Å². The summed E-state index contributed by atoms with van der Waals surface area (Å²) in [6.45, 7) is -0.252. The highest BCUT2D eigenvalue weighted by molar-refractivity contribution is 7.22. The van der Waals surface area contributed by atoms with E-state index in [2.05, 4.69) is 15.0 Å². The third kappa shape index (κ3) is 2.77. The molecule has 3 aromatic heterocycles. The van der Waals surface area contributed by atoms with Crippen molar-refractivity contribution < 1.29 is 13.9 Å². The van der Waals surface area contributed by atoms with Crippen LogP contribution in [0.2, 0.25) is 0 Å². The molecule has 124 valence electrons. The molecule has 0 saturated heterocycles. The van der Waals surface area contributed by atoms with Crippen LogP contribution in [0.1, 0.15) is 5.56 Å². The first-order valence-corrected chi connectivity index (χ1v) is 8.23. The Hall–Kier alpha value is -2.77. The van der Waals surface area contributed by atoms with Crippen LogP contribution in [0, 0.1) is 11.8 Å². The molecule has 3 heterocycles. The lowest BCUT2D eigenvalue weighted by atomic mass is 10.0. The van der Waals surface area contributed by atoms with Crippen LogP contribution < -0.4 is 0 Å². The molecule has 1 aromatic carbocycles. The number of benzene rings is 1. The van der Waals surface area contributed by atoms with Gasteiger partial charge >= 0.3 is 0 Å². The average Bonchev–Trinajstić information content (AvgIpc) is 3.06. The fourth-order valence-electron chi connectivity index (χ4n) is 2.72. The molecular weight excluding hydrogens is 344 g/mol. The maximum Gasteiger partial charge on any atom is 0.213 e. The molecule has 4 nitrogen and oxygen atoms in total. The summed E-state index contributed by atoms with van der Waals surface area (Å²) in [7, 11) is 0. The second-order valence-corrected chi connectivity index (χ2v) is 6.43. The van der Waals surface area contributed by atoms with Crippen LogP contribution in [-0.2, 0) is 6.61 Å². The summed E-state index contributed by atoms with van der Waals surface area (Å²) in [6.07, 6.45) is 3.74. The van der Waals surface area contributed by atoms with Gasteiger partial charge in [-0.25, -0.2) is 19.3 Å². The zero-order chi connectivity index (χ0) is 17.4. The zero-order valence-electron chi connectivity index (χ0n) is 12.8. The highest BCUT2D eigenvalue weighted by atomic mass is 32.1. The van der Waals surface area contributed by atoms with E-state index in [9.17, 15) is 13.9 Å². The Morgan fingerprint density at radius 3 is 2.72 bits per heavy atom. The van der Waals surface area contributed by atoms with Crippen LogP contribution in [0.15, 0.2) is 49.1 Å². The monoisotopic (exact) mass is 355 g/mol. The molecule has 0 atom stereocenters. The van der Waals surface area contributed by atoms with Gasteiger partial charge in [-0.1, -0.05) is 18.2 Å². The maximum atomic E-state index is 14.0. The molecule has 0 radical (unpaired) electrons. The molecule has 7 heteroatoms. The first-order chi connectivity index (χ1) is 12.2. The second-order valence-electron chi connectivity index (χ2n) is 5.38. The standard InChI is InChI=1S/C18H11F2N3OS/c19-14-7-21-9-23-17(14)15-4-10-2-1-3-12(18(10)25-15)13-5-16(20)22-6-11(13)8-24/h1-7,9,24H,8H2. The van der Waals surface area contributed by atoms with Crippen molar-refractivity contribution in [3.63, 3.8) is 0 Å². The molecule has 0 bridgehead atoms. The van der Waals surface area contributed by atoms with Crippen molar-refractivity contribution >= 4 is 21.4 Å². The summed E-state index contributed by atoms with van der Waals surface area (Å²) in [5.74, 6) is -1.12. The van der Waals surface area contributed by atoms with E-state index in [1.807, 2.05) is 24.3 Å². The van der Waals surface area contributed by atoms with Gasteiger partial charge in [0.2, 0.25) is 5.95 Å². The quantitative estimate of drug-likeness (QED) is 0.560. The Morgan fingerprint density at radius 1 is 1.04 bits per heavy atom. The van der Waals surface area contributed by atoms with Crippen LogP contribution in [0.5, 0.6) is 0 Å². The Kier molecular flexibility index (Phi) is 3.95. The number of hydrogen-bond acceptors (Lipinski definition) is 5. The predicted octanol–water partition coefficient (Wildman–Crippen LogP) is 4.19. The number of fused-ring (bicyclic) bond motifs is 1. The van der Waals surface area contributed by atoms with E-state index < -0.39 is 11.8 Å². The van der Waals surface area contributed by atoms with E-state index >= 15 is 0 Å². The van der Waals surface area contributed by atoms with Gasteiger partial charge in [-0.15, -0.1) is 11.3 Å². The third-order valence-corrected chi connectivity index (χ3v) is 5.05. The summed E-state index contributed by atoms with van der Waals surface area (Å²) < 4.78 is 28.5. The number of nitrogens with zero attached hydrogens (tertiary/aromatic N) is 3. The molecule has 4 rings (SSSR count). The van der Waals surface area contributed by atoms with E-state index in [0.29, 0.717) is 16.0 Å². The third-order valence-electron chi connectivity index (χ3n) is 3.86. The molecule has 4 aromatic rings. The summed E-state index contributed by atoms with van der Waals surface area (Å²) >= 11 is 1.36. The number of rotatable bonds is 3. The molecule has 0 unspecified atom stereocenters. The molecule has 0 aliphatic heterocycles. The Balaban J connectivity index is 1.95. The summed E-state index contributed by atoms with van der Waals surface area (Å²) in [5, 5.41) is 10.4. The van der Waals surface area contributed by atoms with E-state index in [4.69, 9.17) is 0 Å². The molecule has 25 heavy (non-hydrogen) atoms. The SMILES string of the molecule is OCc1cnc(F)cc1-c1cccc2cc(-c3ncncc3F)sc12. The lowest BCUT2D eigenvalue weighted by Gasteiger charge is -2.08.